The second-order valence-corrected chi connectivity index (χ2v) is 5.70. The minimum Gasteiger partial charge on any atom is -0.309 e. The Labute approximate surface area is 126 Å². The lowest BCUT2D eigenvalue weighted by Crippen LogP contribution is -2.26. The number of likely N-dealkylation sites (N-methyl/N-ethyl adjacent to an activating group) is 1. The monoisotopic (exact) mass is 291 g/mol. The molecular weight excluding hydrogens is 270 g/mol. The molecule has 2 aromatic rings. The van der Waals surface area contributed by atoms with Crippen LogP contribution in [0, 0.1) is 20.8 Å². The minimum absolute atomic E-state index is 0.244. The topological polar surface area (TPSA) is 29.9 Å². The first-order valence-electron chi connectivity index (χ1n) is 7.00. The highest BCUT2D eigenvalue weighted by Gasteiger charge is 2.14. The van der Waals surface area contributed by atoms with Crippen LogP contribution in [0.25, 0.3) is 0 Å². The summed E-state index contributed by atoms with van der Waals surface area (Å²) in [4.78, 5) is 0. The van der Waals surface area contributed by atoms with E-state index in [1.807, 2.05) is 11.6 Å². The first-order valence-corrected chi connectivity index (χ1v) is 7.38. The summed E-state index contributed by atoms with van der Waals surface area (Å²) < 4.78 is 1.97. The highest BCUT2D eigenvalue weighted by molar-refractivity contribution is 6.31. The Morgan fingerprint density at radius 3 is 2.35 bits per heavy atom. The summed E-state index contributed by atoms with van der Waals surface area (Å²) in [5.41, 5.74) is 4.89. The Kier molecular flexibility index (Phi) is 4.84. The molecule has 4 heteroatoms. The summed E-state index contributed by atoms with van der Waals surface area (Å²) in [7, 11) is 0. The molecule has 0 saturated carbocycles. The fraction of sp³-hybridized carbons (Fsp3) is 0.438. The molecule has 1 unspecified atom stereocenters. The van der Waals surface area contributed by atoms with Crippen LogP contribution in [0.15, 0.2) is 24.4 Å². The third-order valence-corrected chi connectivity index (χ3v) is 3.87. The number of aryl methyl sites for hydroxylation is 2. The molecule has 0 aliphatic rings. The molecule has 1 heterocycles. The number of benzene rings is 1. The molecule has 20 heavy (non-hydrogen) atoms. The van der Waals surface area contributed by atoms with E-state index in [1.165, 1.54) is 16.7 Å². The maximum Gasteiger partial charge on any atom is 0.0814 e. The van der Waals surface area contributed by atoms with Gasteiger partial charge >= 0.3 is 0 Å². The van der Waals surface area contributed by atoms with Gasteiger partial charge in [-0.15, -0.1) is 0 Å². The molecule has 0 radical (unpaired) electrons. The second kappa shape index (κ2) is 6.42. The smallest absolute Gasteiger partial charge is 0.0814 e. The van der Waals surface area contributed by atoms with Crippen molar-refractivity contribution in [3.8, 4) is 0 Å². The fourth-order valence-electron chi connectivity index (χ4n) is 2.53. The molecule has 1 N–H and O–H groups in total. The zero-order chi connectivity index (χ0) is 14.7. The quantitative estimate of drug-likeness (QED) is 0.908. The minimum atomic E-state index is 0.244. The number of hydrogen-bond acceptors (Lipinski definition) is 2. The van der Waals surface area contributed by atoms with E-state index in [0.717, 1.165) is 23.8 Å². The van der Waals surface area contributed by atoms with Crippen LogP contribution >= 0.6 is 11.6 Å². The maximum absolute atomic E-state index is 6.08. The van der Waals surface area contributed by atoms with Crippen molar-refractivity contribution in [1.29, 1.82) is 0 Å². The number of hydrogen-bond donors (Lipinski definition) is 1. The Balaban J connectivity index is 2.28. The van der Waals surface area contributed by atoms with Crippen molar-refractivity contribution in [2.45, 2.75) is 40.3 Å². The Bertz CT molecular complexity index is 569. The fourth-order valence-corrected chi connectivity index (χ4v) is 2.67. The average molecular weight is 292 g/mol. The molecule has 2 rings (SSSR count). The van der Waals surface area contributed by atoms with Gasteiger partial charge in [0.05, 0.1) is 29.5 Å². The van der Waals surface area contributed by atoms with Crippen molar-refractivity contribution >= 4 is 11.6 Å². The van der Waals surface area contributed by atoms with Crippen LogP contribution in [0.2, 0.25) is 5.02 Å². The lowest BCUT2D eigenvalue weighted by Gasteiger charge is -2.20. The van der Waals surface area contributed by atoms with Crippen LogP contribution in [0.5, 0.6) is 0 Å². The van der Waals surface area contributed by atoms with E-state index in [-0.39, 0.29) is 6.04 Å². The van der Waals surface area contributed by atoms with Gasteiger partial charge in [0.15, 0.2) is 0 Å². The van der Waals surface area contributed by atoms with Crippen molar-refractivity contribution in [2.75, 3.05) is 6.54 Å². The Morgan fingerprint density at radius 2 is 1.85 bits per heavy atom. The third-order valence-electron chi connectivity index (χ3n) is 3.50. The van der Waals surface area contributed by atoms with Crippen molar-refractivity contribution in [3.63, 3.8) is 0 Å². The van der Waals surface area contributed by atoms with Crippen LogP contribution < -0.4 is 5.32 Å². The summed E-state index contributed by atoms with van der Waals surface area (Å²) in [6.45, 7) is 10.1. The van der Waals surface area contributed by atoms with E-state index < -0.39 is 0 Å². The average Bonchev–Trinajstić information content (AvgIpc) is 2.69. The summed E-state index contributed by atoms with van der Waals surface area (Å²) in [6.07, 6.45) is 1.71. The second-order valence-electron chi connectivity index (χ2n) is 5.29. The van der Waals surface area contributed by atoms with Gasteiger partial charge in [0.1, 0.15) is 0 Å². The molecule has 0 fully saturated rings. The maximum atomic E-state index is 6.08. The standard InChI is InChI=1S/C16H22ClN3/c1-5-18-16(10-20-13(4)15(17)9-19-20)14-7-11(2)6-12(3)8-14/h6-9,16,18H,5,10H2,1-4H3. The summed E-state index contributed by atoms with van der Waals surface area (Å²) in [6, 6.07) is 6.91. The first kappa shape index (κ1) is 15.1. The van der Waals surface area contributed by atoms with E-state index in [1.54, 1.807) is 6.20 Å². The van der Waals surface area contributed by atoms with Gasteiger partial charge in [0, 0.05) is 0 Å². The SMILES string of the molecule is CCNC(Cn1ncc(Cl)c1C)c1cc(C)cc(C)c1. The van der Waals surface area contributed by atoms with Gasteiger partial charge in [0.2, 0.25) is 0 Å². The van der Waals surface area contributed by atoms with E-state index in [4.69, 9.17) is 11.6 Å². The van der Waals surface area contributed by atoms with Crippen molar-refractivity contribution in [1.82, 2.24) is 15.1 Å². The van der Waals surface area contributed by atoms with Crippen molar-refractivity contribution in [3.05, 3.63) is 51.8 Å². The molecule has 1 aromatic carbocycles. The number of rotatable bonds is 5. The number of aromatic nitrogens is 2. The van der Waals surface area contributed by atoms with Gasteiger partial charge in [0.25, 0.3) is 0 Å². The predicted molar refractivity (Wildman–Crippen MR) is 84.3 cm³/mol. The van der Waals surface area contributed by atoms with Gasteiger partial charge in [-0.2, -0.15) is 5.10 Å². The molecule has 0 aliphatic carbocycles. The first-order chi connectivity index (χ1) is 9.51. The molecule has 0 amide bonds. The summed E-state index contributed by atoms with van der Waals surface area (Å²) in [5, 5.41) is 8.61. The number of nitrogens with zero attached hydrogens (tertiary/aromatic N) is 2. The zero-order valence-corrected chi connectivity index (χ0v) is 13.3. The molecule has 0 saturated heterocycles. The van der Waals surface area contributed by atoms with Gasteiger partial charge in [-0.1, -0.05) is 47.9 Å². The number of halogens is 1. The van der Waals surface area contributed by atoms with Gasteiger partial charge in [-0.05, 0) is 32.9 Å². The molecule has 0 aliphatic heterocycles. The molecular formula is C16H22ClN3. The van der Waals surface area contributed by atoms with Crippen LogP contribution in [0.3, 0.4) is 0 Å². The molecule has 3 nitrogen and oxygen atoms in total. The van der Waals surface area contributed by atoms with E-state index >= 15 is 0 Å². The highest BCUT2D eigenvalue weighted by atomic mass is 35.5. The van der Waals surface area contributed by atoms with Crippen molar-refractivity contribution < 1.29 is 0 Å². The van der Waals surface area contributed by atoms with Crippen molar-refractivity contribution in [2.24, 2.45) is 0 Å². The van der Waals surface area contributed by atoms with E-state index in [2.05, 4.69) is 49.4 Å². The summed E-state index contributed by atoms with van der Waals surface area (Å²) in [5.74, 6) is 0. The molecule has 1 aromatic heterocycles. The number of nitrogens with one attached hydrogen (secondary N) is 1. The van der Waals surface area contributed by atoms with Crippen LogP contribution in [0.1, 0.15) is 35.3 Å². The van der Waals surface area contributed by atoms with Gasteiger partial charge < -0.3 is 5.32 Å². The lowest BCUT2D eigenvalue weighted by atomic mass is 10.0. The largest absolute Gasteiger partial charge is 0.309 e. The van der Waals surface area contributed by atoms with Gasteiger partial charge in [-0.25, -0.2) is 0 Å². The molecule has 0 bridgehead atoms. The lowest BCUT2D eigenvalue weighted by molar-refractivity contribution is 0.442. The van der Waals surface area contributed by atoms with Gasteiger partial charge in [-0.3, -0.25) is 4.68 Å². The highest BCUT2D eigenvalue weighted by Crippen LogP contribution is 2.21. The zero-order valence-electron chi connectivity index (χ0n) is 12.6. The normalized spacial score (nSPS) is 12.7. The Morgan fingerprint density at radius 1 is 1.20 bits per heavy atom. The van der Waals surface area contributed by atoms with E-state index in [9.17, 15) is 0 Å². The molecule has 0 spiro atoms. The third kappa shape index (κ3) is 3.41. The predicted octanol–water partition coefficient (Wildman–Crippen LogP) is 3.81. The molecule has 108 valence electrons. The van der Waals surface area contributed by atoms with Crippen LogP contribution in [-0.4, -0.2) is 16.3 Å². The molecule has 1 atom stereocenters. The Hall–Kier alpha value is -1.32. The van der Waals surface area contributed by atoms with Crippen LogP contribution in [0.4, 0.5) is 0 Å². The van der Waals surface area contributed by atoms with E-state index in [0.29, 0.717) is 0 Å². The summed E-state index contributed by atoms with van der Waals surface area (Å²) >= 11 is 6.08. The van der Waals surface area contributed by atoms with Crippen LogP contribution in [-0.2, 0) is 6.54 Å².